The van der Waals surface area contributed by atoms with E-state index in [1.165, 1.54) is 6.21 Å². The Bertz CT molecular complexity index is 388. The summed E-state index contributed by atoms with van der Waals surface area (Å²) in [5.41, 5.74) is 2.88. The first kappa shape index (κ1) is 12.8. The van der Waals surface area contributed by atoms with Crippen molar-refractivity contribution in [3.63, 3.8) is 0 Å². The standard InChI is InChI=1S/C10H10Cl2N2O2/c1-2-16-10(15)14-13-6-7-3-8(11)5-9(12)4-7/h3-6H,2H2,1H3,(H,14,15). The number of hydrogen-bond acceptors (Lipinski definition) is 3. The Balaban J connectivity index is 2.59. The van der Waals surface area contributed by atoms with Crippen LogP contribution in [0.2, 0.25) is 10.0 Å². The van der Waals surface area contributed by atoms with Gasteiger partial charge in [-0.2, -0.15) is 5.10 Å². The van der Waals surface area contributed by atoms with Crippen molar-refractivity contribution in [2.75, 3.05) is 6.61 Å². The predicted molar refractivity (Wildman–Crippen MR) is 64.2 cm³/mol. The van der Waals surface area contributed by atoms with E-state index in [0.717, 1.165) is 0 Å². The Morgan fingerprint density at radius 1 is 1.44 bits per heavy atom. The number of nitrogens with zero attached hydrogens (tertiary/aromatic N) is 1. The predicted octanol–water partition coefficient (Wildman–Crippen LogP) is 3.07. The molecule has 1 aromatic carbocycles. The maximum atomic E-state index is 10.9. The monoisotopic (exact) mass is 260 g/mol. The van der Waals surface area contributed by atoms with Gasteiger partial charge in [0.15, 0.2) is 0 Å². The molecule has 6 heteroatoms. The molecule has 0 fully saturated rings. The lowest BCUT2D eigenvalue weighted by Crippen LogP contribution is -2.18. The minimum Gasteiger partial charge on any atom is -0.449 e. The van der Waals surface area contributed by atoms with E-state index >= 15 is 0 Å². The molecule has 1 amide bonds. The van der Waals surface area contributed by atoms with Crippen LogP contribution in [0.4, 0.5) is 4.79 Å². The fourth-order valence-corrected chi connectivity index (χ4v) is 1.52. The van der Waals surface area contributed by atoms with Crippen LogP contribution in [0, 0.1) is 0 Å². The minimum absolute atomic E-state index is 0.296. The second-order valence-corrected chi connectivity index (χ2v) is 3.67. The first-order valence-corrected chi connectivity index (χ1v) is 5.29. The molecule has 0 aliphatic heterocycles. The molecule has 0 aliphatic rings. The number of amides is 1. The van der Waals surface area contributed by atoms with Gasteiger partial charge in [0.2, 0.25) is 0 Å². The molecule has 0 heterocycles. The molecule has 86 valence electrons. The summed E-state index contributed by atoms with van der Waals surface area (Å²) in [5, 5.41) is 4.68. The summed E-state index contributed by atoms with van der Waals surface area (Å²) in [7, 11) is 0. The molecular formula is C10H10Cl2N2O2. The molecule has 0 aromatic heterocycles. The zero-order valence-electron chi connectivity index (χ0n) is 8.54. The van der Waals surface area contributed by atoms with Crippen LogP contribution in [0.25, 0.3) is 0 Å². The SMILES string of the molecule is CCOC(=O)NN=Cc1cc(Cl)cc(Cl)c1. The van der Waals surface area contributed by atoms with Crippen molar-refractivity contribution >= 4 is 35.5 Å². The first-order valence-electron chi connectivity index (χ1n) is 4.53. The Morgan fingerprint density at radius 2 is 2.06 bits per heavy atom. The van der Waals surface area contributed by atoms with Crippen molar-refractivity contribution in [3.8, 4) is 0 Å². The zero-order chi connectivity index (χ0) is 12.0. The minimum atomic E-state index is -0.605. The average molecular weight is 261 g/mol. The van der Waals surface area contributed by atoms with Gasteiger partial charge in [0.05, 0.1) is 12.8 Å². The molecule has 0 aliphatic carbocycles. The maximum Gasteiger partial charge on any atom is 0.427 e. The summed E-state index contributed by atoms with van der Waals surface area (Å²) in [4.78, 5) is 10.9. The van der Waals surface area contributed by atoms with Crippen LogP contribution in [0.15, 0.2) is 23.3 Å². The number of benzene rings is 1. The number of ether oxygens (including phenoxy) is 1. The fraction of sp³-hybridized carbons (Fsp3) is 0.200. The van der Waals surface area contributed by atoms with Gasteiger partial charge < -0.3 is 4.74 Å². The van der Waals surface area contributed by atoms with Crippen LogP contribution in [-0.2, 0) is 4.74 Å². The number of carbonyl (C=O) groups is 1. The van der Waals surface area contributed by atoms with Crippen LogP contribution in [0.5, 0.6) is 0 Å². The van der Waals surface area contributed by atoms with Crippen molar-refractivity contribution in [3.05, 3.63) is 33.8 Å². The maximum absolute atomic E-state index is 10.9. The van der Waals surface area contributed by atoms with E-state index in [1.807, 2.05) is 0 Å². The molecule has 4 nitrogen and oxygen atoms in total. The summed E-state index contributed by atoms with van der Waals surface area (Å²) >= 11 is 11.6. The molecule has 16 heavy (non-hydrogen) atoms. The van der Waals surface area contributed by atoms with Gasteiger partial charge in [0, 0.05) is 10.0 Å². The number of hydrazone groups is 1. The molecule has 0 saturated heterocycles. The van der Waals surface area contributed by atoms with Gasteiger partial charge >= 0.3 is 6.09 Å². The summed E-state index contributed by atoms with van der Waals surface area (Å²) < 4.78 is 4.61. The number of hydrogen-bond donors (Lipinski definition) is 1. The number of rotatable bonds is 3. The van der Waals surface area contributed by atoms with E-state index < -0.39 is 6.09 Å². The van der Waals surface area contributed by atoms with Crippen molar-refractivity contribution in [1.29, 1.82) is 0 Å². The smallest absolute Gasteiger partial charge is 0.427 e. The molecule has 0 bridgehead atoms. The molecule has 0 saturated carbocycles. The summed E-state index contributed by atoms with van der Waals surface area (Å²) in [6.07, 6.45) is 0.821. The highest BCUT2D eigenvalue weighted by molar-refractivity contribution is 6.35. The molecule has 1 aromatic rings. The van der Waals surface area contributed by atoms with E-state index in [9.17, 15) is 4.79 Å². The van der Waals surface area contributed by atoms with Crippen LogP contribution < -0.4 is 5.43 Å². The molecule has 0 spiro atoms. The topological polar surface area (TPSA) is 50.7 Å². The van der Waals surface area contributed by atoms with Crippen LogP contribution >= 0.6 is 23.2 Å². The van der Waals surface area contributed by atoms with Gasteiger partial charge in [0.25, 0.3) is 0 Å². The summed E-state index contributed by atoms with van der Waals surface area (Å²) in [6.45, 7) is 2.00. The van der Waals surface area contributed by atoms with Gasteiger partial charge in [-0.25, -0.2) is 10.2 Å². The Hall–Kier alpha value is -1.26. The number of carbonyl (C=O) groups excluding carboxylic acids is 1. The quantitative estimate of drug-likeness (QED) is 0.671. The van der Waals surface area contributed by atoms with Gasteiger partial charge in [-0.05, 0) is 30.7 Å². The number of nitrogens with one attached hydrogen (secondary N) is 1. The zero-order valence-corrected chi connectivity index (χ0v) is 10.0. The van der Waals surface area contributed by atoms with E-state index in [0.29, 0.717) is 22.2 Å². The average Bonchev–Trinajstić information content (AvgIpc) is 2.16. The Kier molecular flexibility index (Phi) is 5.08. The van der Waals surface area contributed by atoms with Crippen molar-refractivity contribution in [2.45, 2.75) is 6.92 Å². The van der Waals surface area contributed by atoms with E-state index in [-0.39, 0.29) is 0 Å². The Morgan fingerprint density at radius 3 is 2.62 bits per heavy atom. The highest BCUT2D eigenvalue weighted by Crippen LogP contribution is 2.17. The Labute approximate surface area is 103 Å². The highest BCUT2D eigenvalue weighted by Gasteiger charge is 1.97. The second kappa shape index (κ2) is 6.35. The summed E-state index contributed by atoms with van der Waals surface area (Å²) in [5.74, 6) is 0. The van der Waals surface area contributed by atoms with Crippen molar-refractivity contribution < 1.29 is 9.53 Å². The molecule has 0 unspecified atom stereocenters. The molecule has 1 rings (SSSR count). The number of halogens is 2. The van der Waals surface area contributed by atoms with E-state index in [1.54, 1.807) is 25.1 Å². The molecule has 0 radical (unpaired) electrons. The highest BCUT2D eigenvalue weighted by atomic mass is 35.5. The lowest BCUT2D eigenvalue weighted by atomic mass is 10.2. The van der Waals surface area contributed by atoms with E-state index in [4.69, 9.17) is 23.2 Å². The third-order valence-corrected chi connectivity index (χ3v) is 1.97. The van der Waals surface area contributed by atoms with Crippen molar-refractivity contribution in [1.82, 2.24) is 5.43 Å². The van der Waals surface area contributed by atoms with Crippen LogP contribution in [-0.4, -0.2) is 18.9 Å². The van der Waals surface area contributed by atoms with Gasteiger partial charge in [-0.15, -0.1) is 0 Å². The van der Waals surface area contributed by atoms with Gasteiger partial charge in [-0.1, -0.05) is 23.2 Å². The normalized spacial score (nSPS) is 10.4. The third-order valence-electron chi connectivity index (χ3n) is 1.53. The molecular weight excluding hydrogens is 251 g/mol. The largest absolute Gasteiger partial charge is 0.449 e. The lowest BCUT2D eigenvalue weighted by molar-refractivity contribution is 0.152. The summed E-state index contributed by atoms with van der Waals surface area (Å²) in [6, 6.07) is 4.95. The van der Waals surface area contributed by atoms with Gasteiger partial charge in [0.1, 0.15) is 0 Å². The molecule has 1 N–H and O–H groups in total. The molecule has 0 atom stereocenters. The van der Waals surface area contributed by atoms with Gasteiger partial charge in [-0.3, -0.25) is 0 Å². The first-order chi connectivity index (χ1) is 7.61. The third kappa shape index (κ3) is 4.51. The fourth-order valence-electron chi connectivity index (χ4n) is 0.973. The van der Waals surface area contributed by atoms with E-state index in [2.05, 4.69) is 15.3 Å². The second-order valence-electron chi connectivity index (χ2n) is 2.79. The van der Waals surface area contributed by atoms with Crippen LogP contribution in [0.3, 0.4) is 0 Å². The lowest BCUT2D eigenvalue weighted by Gasteiger charge is -1.99. The van der Waals surface area contributed by atoms with Crippen molar-refractivity contribution in [2.24, 2.45) is 5.10 Å². The van der Waals surface area contributed by atoms with Crippen LogP contribution in [0.1, 0.15) is 12.5 Å².